The van der Waals surface area contributed by atoms with Gasteiger partial charge in [-0.3, -0.25) is 9.69 Å². The quantitative estimate of drug-likeness (QED) is 0.785. The van der Waals surface area contributed by atoms with Crippen LogP contribution in [0.3, 0.4) is 0 Å². The normalized spacial score (nSPS) is 22.1. The number of likely N-dealkylation sites (N-methyl/N-ethyl adjacent to an activating group) is 1. The summed E-state index contributed by atoms with van der Waals surface area (Å²) >= 11 is 0. The fourth-order valence-electron chi connectivity index (χ4n) is 3.43. The zero-order chi connectivity index (χ0) is 15.2. The van der Waals surface area contributed by atoms with E-state index in [0.29, 0.717) is 24.5 Å². The summed E-state index contributed by atoms with van der Waals surface area (Å²) in [5.74, 6) is 0.319. The summed E-state index contributed by atoms with van der Waals surface area (Å²) in [4.78, 5) is 19.3. The fourth-order valence-corrected chi connectivity index (χ4v) is 3.43. The van der Waals surface area contributed by atoms with E-state index in [0.717, 1.165) is 39.0 Å². The lowest BCUT2D eigenvalue weighted by Crippen LogP contribution is -2.49. The second-order valence-electron chi connectivity index (χ2n) is 6.94. The van der Waals surface area contributed by atoms with Crippen molar-refractivity contribution in [2.45, 2.75) is 50.6 Å². The molecule has 0 aromatic rings. The van der Waals surface area contributed by atoms with E-state index in [4.69, 9.17) is 5.73 Å². The van der Waals surface area contributed by atoms with Crippen molar-refractivity contribution in [3.8, 4) is 0 Å². The third-order valence-electron chi connectivity index (χ3n) is 4.87. The Hall–Kier alpha value is -0.650. The van der Waals surface area contributed by atoms with Gasteiger partial charge in [-0.25, -0.2) is 0 Å². The first-order chi connectivity index (χ1) is 10.1. The Balaban J connectivity index is 1.86. The van der Waals surface area contributed by atoms with Crippen LogP contribution in [0.4, 0.5) is 0 Å². The highest BCUT2D eigenvalue weighted by Gasteiger charge is 2.28. The highest BCUT2D eigenvalue weighted by molar-refractivity contribution is 5.78. The summed E-state index contributed by atoms with van der Waals surface area (Å²) in [6.07, 6.45) is 6.96. The Morgan fingerprint density at radius 1 is 1.10 bits per heavy atom. The fraction of sp³-hybridized carbons (Fsp3) is 0.938. The lowest BCUT2D eigenvalue weighted by atomic mass is 10.1. The van der Waals surface area contributed by atoms with Crippen LogP contribution in [0.2, 0.25) is 0 Å². The average molecular weight is 296 g/mol. The number of likely N-dealkylation sites (tertiary alicyclic amines) is 1. The van der Waals surface area contributed by atoms with Crippen LogP contribution >= 0.6 is 0 Å². The minimum atomic E-state index is 0.319. The van der Waals surface area contributed by atoms with E-state index in [9.17, 15) is 4.79 Å². The molecule has 1 heterocycles. The molecule has 2 rings (SSSR count). The molecule has 0 spiro atoms. The molecule has 0 radical (unpaired) electrons. The number of carbonyl (C=O) groups excluding carboxylic acids is 1. The van der Waals surface area contributed by atoms with Gasteiger partial charge in [0, 0.05) is 38.3 Å². The molecule has 0 aromatic heterocycles. The maximum Gasteiger partial charge on any atom is 0.237 e. The molecule has 0 aromatic carbocycles. The highest BCUT2D eigenvalue weighted by Crippen LogP contribution is 2.23. The summed E-state index contributed by atoms with van der Waals surface area (Å²) in [7, 11) is 4.15. The van der Waals surface area contributed by atoms with Gasteiger partial charge in [0.1, 0.15) is 0 Å². The Bertz CT molecular complexity index is 320. The molecule has 122 valence electrons. The molecule has 21 heavy (non-hydrogen) atoms. The monoisotopic (exact) mass is 296 g/mol. The number of hydrogen-bond donors (Lipinski definition) is 1. The molecule has 0 bridgehead atoms. The van der Waals surface area contributed by atoms with Crippen LogP contribution in [0.15, 0.2) is 0 Å². The van der Waals surface area contributed by atoms with Crippen LogP contribution in [-0.2, 0) is 4.79 Å². The number of piperidine rings is 1. The van der Waals surface area contributed by atoms with Crippen LogP contribution in [0.25, 0.3) is 0 Å². The second-order valence-corrected chi connectivity index (χ2v) is 6.94. The van der Waals surface area contributed by atoms with Crippen molar-refractivity contribution in [3.63, 3.8) is 0 Å². The van der Waals surface area contributed by atoms with Gasteiger partial charge in [0.05, 0.1) is 6.54 Å². The third kappa shape index (κ3) is 5.24. The van der Waals surface area contributed by atoms with Crippen LogP contribution < -0.4 is 5.73 Å². The van der Waals surface area contributed by atoms with Crippen LogP contribution in [0.1, 0.15) is 38.5 Å². The molecule has 5 nitrogen and oxygen atoms in total. The minimum absolute atomic E-state index is 0.319. The Morgan fingerprint density at radius 3 is 2.29 bits per heavy atom. The molecule has 0 unspecified atom stereocenters. The summed E-state index contributed by atoms with van der Waals surface area (Å²) < 4.78 is 0. The van der Waals surface area contributed by atoms with E-state index >= 15 is 0 Å². The van der Waals surface area contributed by atoms with E-state index < -0.39 is 0 Å². The molecule has 1 saturated carbocycles. The van der Waals surface area contributed by atoms with Gasteiger partial charge in [0.15, 0.2) is 0 Å². The predicted octanol–water partition coefficient (Wildman–Crippen LogP) is 0.742. The summed E-state index contributed by atoms with van der Waals surface area (Å²) in [6.45, 7) is 4.34. The van der Waals surface area contributed by atoms with Crippen molar-refractivity contribution in [3.05, 3.63) is 0 Å². The van der Waals surface area contributed by atoms with Crippen LogP contribution in [-0.4, -0.2) is 79.5 Å². The standard InChI is InChI=1S/C16H32N4O/c1-18(2)11-12-20(15-5-3-4-6-15)16(21)13-19-9-7-14(17)8-10-19/h14-15H,3-13,17H2,1-2H3. The Labute approximate surface area is 129 Å². The maximum atomic E-state index is 12.7. The maximum absolute atomic E-state index is 12.7. The molecule has 1 aliphatic heterocycles. The average Bonchev–Trinajstić information content (AvgIpc) is 2.95. The van der Waals surface area contributed by atoms with Crippen molar-refractivity contribution in [2.24, 2.45) is 5.73 Å². The van der Waals surface area contributed by atoms with Crippen molar-refractivity contribution in [1.82, 2.24) is 14.7 Å². The second kappa shape index (κ2) is 8.11. The molecule has 2 aliphatic rings. The smallest absolute Gasteiger partial charge is 0.237 e. The molecular weight excluding hydrogens is 264 g/mol. The van der Waals surface area contributed by atoms with Gasteiger partial charge in [0.2, 0.25) is 5.91 Å². The van der Waals surface area contributed by atoms with Gasteiger partial charge >= 0.3 is 0 Å². The number of nitrogens with zero attached hydrogens (tertiary/aromatic N) is 3. The summed E-state index contributed by atoms with van der Waals surface area (Å²) in [5, 5.41) is 0. The van der Waals surface area contributed by atoms with Gasteiger partial charge in [-0.05, 0) is 39.8 Å². The van der Waals surface area contributed by atoms with E-state index in [1.54, 1.807) is 0 Å². The highest BCUT2D eigenvalue weighted by atomic mass is 16.2. The van der Waals surface area contributed by atoms with Gasteiger partial charge in [-0.1, -0.05) is 12.8 Å². The third-order valence-corrected chi connectivity index (χ3v) is 4.87. The van der Waals surface area contributed by atoms with Gasteiger partial charge in [0.25, 0.3) is 0 Å². The van der Waals surface area contributed by atoms with Crippen molar-refractivity contribution >= 4 is 5.91 Å². The van der Waals surface area contributed by atoms with E-state index in [1.165, 1.54) is 25.7 Å². The Morgan fingerprint density at radius 2 is 1.71 bits per heavy atom. The zero-order valence-electron chi connectivity index (χ0n) is 13.8. The van der Waals surface area contributed by atoms with Crippen LogP contribution in [0, 0.1) is 0 Å². The SMILES string of the molecule is CN(C)CCN(C(=O)CN1CCC(N)CC1)C1CCCC1. The molecular formula is C16H32N4O. The lowest BCUT2D eigenvalue weighted by molar-refractivity contribution is -0.135. The van der Waals surface area contributed by atoms with Crippen LogP contribution in [0.5, 0.6) is 0 Å². The first-order valence-electron chi connectivity index (χ1n) is 8.48. The Kier molecular flexibility index (Phi) is 6.45. The first kappa shape index (κ1) is 16.7. The molecule has 1 saturated heterocycles. The van der Waals surface area contributed by atoms with Crippen molar-refractivity contribution in [2.75, 3.05) is 46.8 Å². The molecule has 2 N–H and O–H groups in total. The van der Waals surface area contributed by atoms with Crippen molar-refractivity contribution < 1.29 is 4.79 Å². The topological polar surface area (TPSA) is 52.8 Å². The van der Waals surface area contributed by atoms with Gasteiger partial charge in [-0.2, -0.15) is 0 Å². The first-order valence-corrected chi connectivity index (χ1v) is 8.48. The molecule has 5 heteroatoms. The summed E-state index contributed by atoms with van der Waals surface area (Å²) in [5.41, 5.74) is 5.94. The molecule has 1 aliphatic carbocycles. The van der Waals surface area contributed by atoms with E-state index in [2.05, 4.69) is 28.8 Å². The molecule has 0 atom stereocenters. The number of rotatable bonds is 6. The lowest BCUT2D eigenvalue weighted by Gasteiger charge is -2.34. The predicted molar refractivity (Wildman–Crippen MR) is 86.2 cm³/mol. The number of amides is 1. The number of hydrogen-bond acceptors (Lipinski definition) is 4. The van der Waals surface area contributed by atoms with E-state index in [1.807, 2.05) is 0 Å². The molecule has 2 fully saturated rings. The molecule has 1 amide bonds. The van der Waals surface area contributed by atoms with Crippen molar-refractivity contribution in [1.29, 1.82) is 0 Å². The largest absolute Gasteiger partial charge is 0.337 e. The summed E-state index contributed by atoms with van der Waals surface area (Å²) in [6, 6.07) is 0.806. The number of nitrogens with two attached hydrogens (primary N) is 1. The minimum Gasteiger partial charge on any atom is -0.337 e. The van der Waals surface area contributed by atoms with Gasteiger partial charge in [-0.15, -0.1) is 0 Å². The van der Waals surface area contributed by atoms with Gasteiger partial charge < -0.3 is 15.5 Å². The zero-order valence-corrected chi connectivity index (χ0v) is 13.8. The number of carbonyl (C=O) groups is 1. The van der Waals surface area contributed by atoms with E-state index in [-0.39, 0.29) is 0 Å².